The van der Waals surface area contributed by atoms with E-state index >= 15 is 0 Å². The molecule has 1 aliphatic carbocycles. The maximum absolute atomic E-state index is 10.6. The van der Waals surface area contributed by atoms with E-state index in [1.807, 2.05) is 0 Å². The molecule has 0 amide bonds. The molecule has 0 fully saturated rings. The first-order valence-electron chi connectivity index (χ1n) is 3.86. The van der Waals surface area contributed by atoms with E-state index in [1.165, 1.54) is 6.08 Å². The van der Waals surface area contributed by atoms with Gasteiger partial charge in [0, 0.05) is 5.57 Å². The van der Waals surface area contributed by atoms with Gasteiger partial charge < -0.3 is 10.2 Å². The summed E-state index contributed by atoms with van der Waals surface area (Å²) in [6.07, 6.45) is 3.14. The summed E-state index contributed by atoms with van der Waals surface area (Å²) in [5.74, 6) is -2.72. The van der Waals surface area contributed by atoms with E-state index in [0.717, 1.165) is 0 Å². The second kappa shape index (κ2) is 3.43. The molecule has 0 aliphatic heterocycles. The van der Waals surface area contributed by atoms with Crippen molar-refractivity contribution in [1.82, 2.24) is 0 Å². The van der Waals surface area contributed by atoms with Crippen LogP contribution in [0.2, 0.25) is 0 Å². The van der Waals surface area contributed by atoms with Gasteiger partial charge in [0.25, 0.3) is 0 Å². The predicted octanol–water partition coefficient (Wildman–Crippen LogP) is 1.05. The first kappa shape index (κ1) is 9.51. The number of hydrogen-bond donors (Lipinski definition) is 2. The lowest BCUT2D eigenvalue weighted by molar-refractivity contribution is -0.140. The molecule has 13 heavy (non-hydrogen) atoms. The Hall–Kier alpha value is -1.58. The molecular weight excluding hydrogens is 172 g/mol. The zero-order valence-electron chi connectivity index (χ0n) is 7.15. The molecule has 0 saturated carbocycles. The van der Waals surface area contributed by atoms with Gasteiger partial charge in [-0.2, -0.15) is 0 Å². The van der Waals surface area contributed by atoms with Crippen molar-refractivity contribution in [2.24, 2.45) is 5.92 Å². The minimum absolute atomic E-state index is 0.0714. The van der Waals surface area contributed by atoms with E-state index in [0.29, 0.717) is 5.57 Å². The second-order valence-corrected chi connectivity index (χ2v) is 3.03. The molecule has 0 aromatic heterocycles. The van der Waals surface area contributed by atoms with Crippen molar-refractivity contribution in [3.63, 3.8) is 0 Å². The summed E-state index contributed by atoms with van der Waals surface area (Å²) >= 11 is 0. The Morgan fingerprint density at radius 2 is 2.08 bits per heavy atom. The molecule has 1 atom stereocenters. The highest BCUT2D eigenvalue weighted by atomic mass is 16.4. The number of aliphatic carboxylic acids is 2. The fourth-order valence-electron chi connectivity index (χ4n) is 1.30. The summed E-state index contributed by atoms with van der Waals surface area (Å²) in [6, 6.07) is 0. The molecule has 0 aromatic carbocycles. The van der Waals surface area contributed by atoms with Crippen molar-refractivity contribution in [2.45, 2.75) is 13.3 Å². The third-order valence-corrected chi connectivity index (χ3v) is 1.90. The van der Waals surface area contributed by atoms with E-state index < -0.39 is 17.9 Å². The highest BCUT2D eigenvalue weighted by Gasteiger charge is 2.23. The normalized spacial score (nSPS) is 21.8. The first-order chi connectivity index (χ1) is 6.00. The van der Waals surface area contributed by atoms with E-state index in [9.17, 15) is 9.59 Å². The molecule has 4 heteroatoms. The van der Waals surface area contributed by atoms with Gasteiger partial charge in [-0.15, -0.1) is 0 Å². The maximum Gasteiger partial charge on any atom is 0.331 e. The van der Waals surface area contributed by atoms with Crippen LogP contribution < -0.4 is 0 Å². The van der Waals surface area contributed by atoms with Gasteiger partial charge in [0.1, 0.15) is 0 Å². The Morgan fingerprint density at radius 1 is 1.46 bits per heavy atom. The van der Waals surface area contributed by atoms with Gasteiger partial charge >= 0.3 is 11.9 Å². The van der Waals surface area contributed by atoms with Gasteiger partial charge in [0.2, 0.25) is 0 Å². The summed E-state index contributed by atoms with van der Waals surface area (Å²) in [4.78, 5) is 21.2. The van der Waals surface area contributed by atoms with E-state index in [1.54, 1.807) is 13.0 Å². The van der Waals surface area contributed by atoms with Crippen LogP contribution in [-0.2, 0) is 9.59 Å². The molecule has 0 heterocycles. The Kier molecular flexibility index (Phi) is 2.51. The molecule has 1 unspecified atom stereocenters. The van der Waals surface area contributed by atoms with Crippen molar-refractivity contribution in [2.75, 3.05) is 0 Å². The number of carbonyl (C=O) groups is 2. The predicted molar refractivity (Wildman–Crippen MR) is 45.2 cm³/mol. The zero-order valence-corrected chi connectivity index (χ0v) is 7.15. The molecule has 0 saturated heterocycles. The molecule has 4 nitrogen and oxygen atoms in total. The standard InChI is InChI=1S/C9H10O4/c1-5-2-6(8(10)11)4-7(3-5)9(12)13/h2-3,6H,4H2,1H3,(H,10,11)(H,12,13). The number of hydrogen-bond acceptors (Lipinski definition) is 2. The lowest BCUT2D eigenvalue weighted by Gasteiger charge is -2.14. The van der Waals surface area contributed by atoms with E-state index in [2.05, 4.69) is 0 Å². The van der Waals surface area contributed by atoms with Crippen molar-refractivity contribution < 1.29 is 19.8 Å². The number of allylic oxidation sites excluding steroid dienone is 2. The fourth-order valence-corrected chi connectivity index (χ4v) is 1.30. The second-order valence-electron chi connectivity index (χ2n) is 3.03. The smallest absolute Gasteiger partial charge is 0.331 e. The molecule has 0 spiro atoms. The summed E-state index contributed by atoms with van der Waals surface area (Å²) in [6.45, 7) is 1.69. The molecule has 70 valence electrons. The molecule has 0 radical (unpaired) electrons. The Bertz CT molecular complexity index is 312. The van der Waals surface area contributed by atoms with Gasteiger partial charge in [-0.05, 0) is 19.4 Å². The largest absolute Gasteiger partial charge is 0.481 e. The van der Waals surface area contributed by atoms with Crippen LogP contribution in [0.1, 0.15) is 13.3 Å². The fraction of sp³-hybridized carbons (Fsp3) is 0.333. The average Bonchev–Trinajstić information content (AvgIpc) is 2.03. The number of carboxylic acids is 2. The van der Waals surface area contributed by atoms with Crippen LogP contribution in [0.4, 0.5) is 0 Å². The third kappa shape index (κ3) is 2.18. The van der Waals surface area contributed by atoms with Crippen molar-refractivity contribution in [3.8, 4) is 0 Å². The molecular formula is C9H10O4. The topological polar surface area (TPSA) is 74.6 Å². The number of carboxylic acid groups (broad SMARTS) is 2. The lowest BCUT2D eigenvalue weighted by atomic mass is 9.91. The van der Waals surface area contributed by atoms with Crippen molar-refractivity contribution >= 4 is 11.9 Å². The summed E-state index contributed by atoms with van der Waals surface area (Å²) in [7, 11) is 0. The summed E-state index contributed by atoms with van der Waals surface area (Å²) < 4.78 is 0. The SMILES string of the molecule is CC1=CC(C(=O)O)CC(C(=O)O)=C1. The van der Waals surface area contributed by atoms with Crippen LogP contribution in [0.15, 0.2) is 23.3 Å². The monoisotopic (exact) mass is 182 g/mol. The summed E-state index contributed by atoms with van der Waals surface area (Å²) in [5.41, 5.74) is 0.850. The van der Waals surface area contributed by atoms with Crippen LogP contribution in [0.25, 0.3) is 0 Å². The van der Waals surface area contributed by atoms with E-state index in [4.69, 9.17) is 10.2 Å². The van der Waals surface area contributed by atoms with Crippen LogP contribution >= 0.6 is 0 Å². The maximum atomic E-state index is 10.6. The minimum Gasteiger partial charge on any atom is -0.481 e. The van der Waals surface area contributed by atoms with Crippen molar-refractivity contribution in [1.29, 1.82) is 0 Å². The highest BCUT2D eigenvalue weighted by molar-refractivity contribution is 5.89. The van der Waals surface area contributed by atoms with Gasteiger partial charge in [-0.3, -0.25) is 4.79 Å². The average molecular weight is 182 g/mol. The first-order valence-corrected chi connectivity index (χ1v) is 3.86. The van der Waals surface area contributed by atoms with E-state index in [-0.39, 0.29) is 12.0 Å². The zero-order chi connectivity index (χ0) is 10.0. The molecule has 1 rings (SSSR count). The molecule has 0 aromatic rings. The Morgan fingerprint density at radius 3 is 2.54 bits per heavy atom. The summed E-state index contributed by atoms with van der Waals surface area (Å²) in [5, 5.41) is 17.4. The molecule has 0 bridgehead atoms. The molecule has 2 N–H and O–H groups in total. The highest BCUT2D eigenvalue weighted by Crippen LogP contribution is 2.22. The number of rotatable bonds is 2. The Labute approximate surface area is 75.2 Å². The van der Waals surface area contributed by atoms with Crippen LogP contribution in [-0.4, -0.2) is 22.2 Å². The van der Waals surface area contributed by atoms with Crippen LogP contribution in [0, 0.1) is 5.92 Å². The van der Waals surface area contributed by atoms with Gasteiger partial charge in [-0.25, -0.2) is 4.79 Å². The third-order valence-electron chi connectivity index (χ3n) is 1.90. The minimum atomic E-state index is -1.04. The quantitative estimate of drug-likeness (QED) is 0.669. The van der Waals surface area contributed by atoms with Gasteiger partial charge in [0.05, 0.1) is 5.92 Å². The van der Waals surface area contributed by atoms with Gasteiger partial charge in [0.15, 0.2) is 0 Å². The van der Waals surface area contributed by atoms with Gasteiger partial charge in [-0.1, -0.05) is 11.6 Å². The molecule has 1 aliphatic rings. The lowest BCUT2D eigenvalue weighted by Crippen LogP contribution is -2.18. The Balaban J connectivity index is 2.90. The van der Waals surface area contributed by atoms with Crippen molar-refractivity contribution in [3.05, 3.63) is 23.3 Å². The van der Waals surface area contributed by atoms with Crippen LogP contribution in [0.5, 0.6) is 0 Å². The van der Waals surface area contributed by atoms with Crippen LogP contribution in [0.3, 0.4) is 0 Å².